The fourth-order valence-electron chi connectivity index (χ4n) is 4.20. The van der Waals surface area contributed by atoms with E-state index in [-0.39, 0.29) is 17.1 Å². The Bertz CT molecular complexity index is 1570. The normalized spacial score (nSPS) is 13.1. The average molecular weight is 527 g/mol. The number of anilines is 1. The number of carbonyl (C=O) groups excluding carboxylic acids is 1. The second kappa shape index (κ2) is 10.2. The molecule has 196 valence electrons. The van der Waals surface area contributed by atoms with Gasteiger partial charge in [0.15, 0.2) is 5.69 Å². The summed E-state index contributed by atoms with van der Waals surface area (Å²) in [4.78, 5) is 29.9. The van der Waals surface area contributed by atoms with Crippen molar-refractivity contribution < 1.29 is 27.6 Å². The number of hydrogen-bond acceptors (Lipinski definition) is 8. The number of aromatic hydroxyl groups is 1. The Labute approximate surface area is 212 Å². The number of halogens is 3. The monoisotopic (exact) mass is 527 g/mol. The molecule has 0 aliphatic rings. The lowest BCUT2D eigenvalue weighted by Crippen LogP contribution is -2.29. The van der Waals surface area contributed by atoms with Crippen molar-refractivity contribution >= 4 is 11.6 Å². The van der Waals surface area contributed by atoms with E-state index in [1.54, 1.807) is 31.2 Å². The van der Waals surface area contributed by atoms with E-state index in [2.05, 4.69) is 31.1 Å². The van der Waals surface area contributed by atoms with Crippen molar-refractivity contribution in [3.8, 4) is 11.8 Å². The number of nitrogens with one attached hydrogen (secondary N) is 1. The van der Waals surface area contributed by atoms with Crippen LogP contribution in [0.5, 0.6) is 5.75 Å². The lowest BCUT2D eigenvalue weighted by molar-refractivity contribution is -0.142. The molecule has 3 aromatic heterocycles. The van der Waals surface area contributed by atoms with Crippen LogP contribution in [0.25, 0.3) is 0 Å². The molecule has 2 N–H and O–H groups in total. The van der Waals surface area contributed by atoms with Gasteiger partial charge >= 0.3 is 6.18 Å². The minimum atomic E-state index is -4.51. The number of hydrogen-bond donors (Lipinski definition) is 2. The minimum Gasteiger partial charge on any atom is -0.501 e. The summed E-state index contributed by atoms with van der Waals surface area (Å²) in [5.74, 6) is -3.37. The molecule has 0 aliphatic carbocycles. The van der Waals surface area contributed by atoms with Crippen molar-refractivity contribution in [3.05, 3.63) is 87.7 Å². The fourth-order valence-corrected chi connectivity index (χ4v) is 4.20. The molecule has 0 spiro atoms. The van der Waals surface area contributed by atoms with Crippen LogP contribution in [-0.2, 0) is 13.6 Å². The average Bonchev–Trinajstić information content (AvgIpc) is 3.54. The number of alkyl halides is 3. The summed E-state index contributed by atoms with van der Waals surface area (Å²) in [6.07, 6.45) is 0.282. The van der Waals surface area contributed by atoms with Crippen LogP contribution < -0.4 is 10.9 Å². The Morgan fingerprint density at radius 1 is 1.29 bits per heavy atom. The van der Waals surface area contributed by atoms with Crippen LogP contribution in [0.1, 0.15) is 51.8 Å². The molecular formula is C24H20F3N7O4. The van der Waals surface area contributed by atoms with Gasteiger partial charge in [0.05, 0.1) is 24.0 Å². The van der Waals surface area contributed by atoms with Gasteiger partial charge in [0, 0.05) is 25.1 Å². The highest BCUT2D eigenvalue weighted by atomic mass is 19.4. The maximum atomic E-state index is 13.0. The molecule has 2 atom stereocenters. The van der Waals surface area contributed by atoms with Gasteiger partial charge in [-0.05, 0) is 17.2 Å². The van der Waals surface area contributed by atoms with E-state index in [0.717, 1.165) is 15.5 Å². The quantitative estimate of drug-likeness (QED) is 0.371. The molecular weight excluding hydrogens is 507 g/mol. The van der Waals surface area contributed by atoms with Crippen LogP contribution in [0, 0.1) is 11.3 Å². The Kier molecular flexibility index (Phi) is 7.02. The van der Waals surface area contributed by atoms with E-state index in [4.69, 9.17) is 0 Å². The van der Waals surface area contributed by atoms with E-state index in [9.17, 15) is 33.1 Å². The van der Waals surface area contributed by atoms with Crippen LogP contribution in [0.4, 0.5) is 18.9 Å². The van der Waals surface area contributed by atoms with Gasteiger partial charge in [-0.25, -0.2) is 4.98 Å². The third-order valence-electron chi connectivity index (χ3n) is 5.88. The summed E-state index contributed by atoms with van der Waals surface area (Å²) in [5, 5.41) is 29.8. The molecule has 0 saturated carbocycles. The van der Waals surface area contributed by atoms with Crippen molar-refractivity contribution in [1.29, 1.82) is 5.26 Å². The summed E-state index contributed by atoms with van der Waals surface area (Å²) in [6.45, 7) is 0.317. The number of nitriles is 1. The first kappa shape index (κ1) is 26.1. The molecule has 11 nitrogen and oxygen atoms in total. The Balaban J connectivity index is 1.84. The van der Waals surface area contributed by atoms with Gasteiger partial charge in [-0.2, -0.15) is 23.5 Å². The van der Waals surface area contributed by atoms with Crippen molar-refractivity contribution in [3.63, 3.8) is 0 Å². The lowest BCUT2D eigenvalue weighted by atomic mass is 9.80. The summed E-state index contributed by atoms with van der Waals surface area (Å²) >= 11 is 0. The van der Waals surface area contributed by atoms with Crippen molar-refractivity contribution in [2.75, 3.05) is 5.32 Å². The van der Waals surface area contributed by atoms with Crippen LogP contribution in [0.3, 0.4) is 0 Å². The maximum Gasteiger partial charge on any atom is 0.408 e. The van der Waals surface area contributed by atoms with Gasteiger partial charge in [0.2, 0.25) is 5.75 Å². The smallest absolute Gasteiger partial charge is 0.408 e. The highest BCUT2D eigenvalue weighted by molar-refractivity contribution is 6.04. The standard InChI is InChI=1S/C24H20F3N7O4/c1-13(21-32-19(20(35)23(37)33(21)2)22(36)31-16-9-30-38-11-16)18(17-6-4-3-5-14(17)7-28)15-8-29-34(10-15)12-24(25,26)27/h3-6,8-11,13,18,35H,12H2,1-2H3,(H,31,36)/t13-,18+/m1/s1. The van der Waals surface area contributed by atoms with Gasteiger partial charge in [0.1, 0.15) is 24.3 Å². The molecule has 4 rings (SSSR count). The van der Waals surface area contributed by atoms with Gasteiger partial charge in [-0.15, -0.1) is 0 Å². The Morgan fingerprint density at radius 3 is 2.68 bits per heavy atom. The Hall–Kier alpha value is -4.93. The second-order valence-corrected chi connectivity index (χ2v) is 8.45. The van der Waals surface area contributed by atoms with E-state index >= 15 is 0 Å². The number of rotatable bonds is 7. The summed E-state index contributed by atoms with van der Waals surface area (Å²) in [5.41, 5.74) is -0.311. The third kappa shape index (κ3) is 5.26. The predicted octanol–water partition coefficient (Wildman–Crippen LogP) is 3.29. The first-order valence-electron chi connectivity index (χ1n) is 11.1. The molecule has 14 heteroatoms. The van der Waals surface area contributed by atoms with E-state index in [0.29, 0.717) is 11.1 Å². The molecule has 0 fully saturated rings. The van der Waals surface area contributed by atoms with Gasteiger partial charge in [0.25, 0.3) is 11.5 Å². The highest BCUT2D eigenvalue weighted by Crippen LogP contribution is 2.39. The minimum absolute atomic E-state index is 0.0320. The third-order valence-corrected chi connectivity index (χ3v) is 5.88. The zero-order chi connectivity index (χ0) is 27.6. The summed E-state index contributed by atoms with van der Waals surface area (Å²) in [7, 11) is 1.34. The van der Waals surface area contributed by atoms with E-state index in [1.807, 2.05) is 0 Å². The molecule has 38 heavy (non-hydrogen) atoms. The number of aromatic nitrogens is 5. The van der Waals surface area contributed by atoms with Crippen molar-refractivity contribution in [2.45, 2.75) is 31.5 Å². The summed E-state index contributed by atoms with van der Waals surface area (Å²) < 4.78 is 45.4. The van der Waals surface area contributed by atoms with Gasteiger partial charge < -0.3 is 14.9 Å². The van der Waals surface area contributed by atoms with E-state index in [1.165, 1.54) is 25.6 Å². The summed E-state index contributed by atoms with van der Waals surface area (Å²) in [6, 6.07) is 8.56. The number of carbonyl (C=O) groups is 1. The zero-order valence-electron chi connectivity index (χ0n) is 20.0. The molecule has 0 aliphatic heterocycles. The topological polar surface area (TPSA) is 152 Å². The largest absolute Gasteiger partial charge is 0.501 e. The van der Waals surface area contributed by atoms with Crippen LogP contribution >= 0.6 is 0 Å². The SMILES string of the molecule is C[C@@H](c1nc(C(=O)Nc2cnoc2)c(O)c(=O)n1C)[C@@H](c1cnn(CC(F)(F)F)c1)c1ccccc1C#N. The maximum absolute atomic E-state index is 13.0. The van der Waals surface area contributed by atoms with E-state index < -0.39 is 47.5 Å². The molecule has 0 saturated heterocycles. The van der Waals surface area contributed by atoms with Crippen LogP contribution in [0.15, 0.2) is 58.4 Å². The predicted molar refractivity (Wildman–Crippen MR) is 125 cm³/mol. The molecule has 3 heterocycles. The molecule has 4 aromatic rings. The first-order chi connectivity index (χ1) is 18.0. The van der Waals surface area contributed by atoms with Crippen molar-refractivity contribution in [1.82, 2.24) is 24.5 Å². The molecule has 0 unspecified atom stereocenters. The molecule has 0 radical (unpaired) electrons. The number of nitrogens with zero attached hydrogens (tertiary/aromatic N) is 6. The zero-order valence-corrected chi connectivity index (χ0v) is 20.0. The molecule has 1 amide bonds. The van der Waals surface area contributed by atoms with Crippen LogP contribution in [-0.4, -0.2) is 41.7 Å². The lowest BCUT2D eigenvalue weighted by Gasteiger charge is -2.26. The second-order valence-electron chi connectivity index (χ2n) is 8.45. The van der Waals surface area contributed by atoms with Crippen LogP contribution in [0.2, 0.25) is 0 Å². The number of benzene rings is 1. The van der Waals surface area contributed by atoms with Gasteiger partial charge in [-0.1, -0.05) is 30.3 Å². The molecule has 0 bridgehead atoms. The van der Waals surface area contributed by atoms with Crippen molar-refractivity contribution in [2.24, 2.45) is 7.05 Å². The fraction of sp³-hybridized carbons (Fsp3) is 0.250. The first-order valence-corrected chi connectivity index (χ1v) is 11.1. The van der Waals surface area contributed by atoms with Gasteiger partial charge in [-0.3, -0.25) is 18.8 Å². The molecule has 1 aromatic carbocycles. The Morgan fingerprint density at radius 2 is 2.03 bits per heavy atom. The number of amides is 1. The highest BCUT2D eigenvalue weighted by Gasteiger charge is 2.33.